The fourth-order valence-corrected chi connectivity index (χ4v) is 1.65. The molecule has 80 valence electrons. The summed E-state index contributed by atoms with van der Waals surface area (Å²) in [7, 11) is 2.14. The monoisotopic (exact) mass is 194 g/mol. The number of unbranched alkanes of at least 4 members (excludes halogenated alkanes) is 2. The molecule has 0 saturated carbocycles. The van der Waals surface area contributed by atoms with E-state index in [9.17, 15) is 0 Å². The first kappa shape index (κ1) is 11.3. The maximum absolute atomic E-state index is 4.47. The molecule has 2 heteroatoms. The molecular formula is C12H22N2. The molecule has 0 unspecified atom stereocenters. The van der Waals surface area contributed by atoms with E-state index in [4.69, 9.17) is 0 Å². The zero-order valence-corrected chi connectivity index (χ0v) is 9.71. The van der Waals surface area contributed by atoms with E-state index < -0.39 is 0 Å². The molecule has 1 aromatic rings. The number of aryl methyl sites for hydroxylation is 2. The van der Waals surface area contributed by atoms with Gasteiger partial charge in [-0.2, -0.15) is 0 Å². The lowest BCUT2D eigenvalue weighted by Gasteiger charge is -2.04. The van der Waals surface area contributed by atoms with Gasteiger partial charge in [0.05, 0.1) is 0 Å². The summed E-state index contributed by atoms with van der Waals surface area (Å²) in [5.74, 6) is 1.25. The molecule has 0 bridgehead atoms. The Morgan fingerprint density at radius 3 is 2.43 bits per heavy atom. The van der Waals surface area contributed by atoms with Crippen LogP contribution in [0.4, 0.5) is 0 Å². The molecule has 0 saturated heterocycles. The van der Waals surface area contributed by atoms with Crippen molar-refractivity contribution in [2.75, 3.05) is 0 Å². The van der Waals surface area contributed by atoms with Gasteiger partial charge >= 0.3 is 0 Å². The quantitative estimate of drug-likeness (QED) is 0.680. The molecule has 0 amide bonds. The molecule has 0 aliphatic heterocycles. The van der Waals surface area contributed by atoms with Gasteiger partial charge in [-0.1, -0.05) is 26.7 Å². The van der Waals surface area contributed by atoms with Crippen LogP contribution in [0.25, 0.3) is 0 Å². The van der Waals surface area contributed by atoms with Gasteiger partial charge in [0.1, 0.15) is 5.82 Å². The smallest absolute Gasteiger partial charge is 0.108 e. The Morgan fingerprint density at radius 2 is 1.79 bits per heavy atom. The van der Waals surface area contributed by atoms with E-state index >= 15 is 0 Å². The molecule has 1 rings (SSSR count). The van der Waals surface area contributed by atoms with E-state index in [-0.39, 0.29) is 0 Å². The number of hydrogen-bond acceptors (Lipinski definition) is 1. The largest absolute Gasteiger partial charge is 0.335 e. The van der Waals surface area contributed by atoms with Gasteiger partial charge in [0, 0.05) is 25.4 Å². The van der Waals surface area contributed by atoms with E-state index in [2.05, 4.69) is 30.4 Å². The molecule has 0 N–H and O–H groups in total. The fourth-order valence-electron chi connectivity index (χ4n) is 1.65. The van der Waals surface area contributed by atoms with Crippen molar-refractivity contribution < 1.29 is 0 Å². The lowest BCUT2D eigenvalue weighted by molar-refractivity contribution is 0.677. The second-order valence-electron chi connectivity index (χ2n) is 3.93. The first-order valence-corrected chi connectivity index (χ1v) is 5.79. The zero-order valence-electron chi connectivity index (χ0n) is 9.71. The van der Waals surface area contributed by atoms with Gasteiger partial charge < -0.3 is 4.57 Å². The molecule has 2 nitrogen and oxygen atoms in total. The third-order valence-corrected chi connectivity index (χ3v) is 2.72. The summed E-state index contributed by atoms with van der Waals surface area (Å²) in [6, 6.07) is 0. The highest BCUT2D eigenvalue weighted by Crippen LogP contribution is 2.09. The molecular weight excluding hydrogens is 172 g/mol. The van der Waals surface area contributed by atoms with Crippen LogP contribution in [0.1, 0.15) is 51.0 Å². The Morgan fingerprint density at radius 1 is 1.14 bits per heavy atom. The Kier molecular flexibility index (Phi) is 4.71. The van der Waals surface area contributed by atoms with Gasteiger partial charge in [-0.3, -0.25) is 0 Å². The van der Waals surface area contributed by atoms with Gasteiger partial charge in [-0.25, -0.2) is 4.98 Å². The second-order valence-corrected chi connectivity index (χ2v) is 3.93. The van der Waals surface area contributed by atoms with Crippen LogP contribution in [0.3, 0.4) is 0 Å². The highest BCUT2D eigenvalue weighted by Gasteiger charge is 2.04. The van der Waals surface area contributed by atoms with Crippen LogP contribution in [0.5, 0.6) is 0 Å². The molecule has 14 heavy (non-hydrogen) atoms. The van der Waals surface area contributed by atoms with Crippen LogP contribution in [0.15, 0.2) is 6.20 Å². The van der Waals surface area contributed by atoms with Gasteiger partial charge in [-0.05, 0) is 19.3 Å². The summed E-state index contributed by atoms with van der Waals surface area (Å²) in [5, 5.41) is 0. The predicted molar refractivity (Wildman–Crippen MR) is 60.4 cm³/mol. The van der Waals surface area contributed by atoms with Crippen LogP contribution in [-0.2, 0) is 19.9 Å². The summed E-state index contributed by atoms with van der Waals surface area (Å²) in [6.45, 7) is 4.45. The Labute approximate surface area is 87.4 Å². The van der Waals surface area contributed by atoms with Gasteiger partial charge in [0.15, 0.2) is 0 Å². The van der Waals surface area contributed by atoms with Crippen LogP contribution < -0.4 is 0 Å². The van der Waals surface area contributed by atoms with Gasteiger partial charge in [0.25, 0.3) is 0 Å². The van der Waals surface area contributed by atoms with Gasteiger partial charge in [-0.15, -0.1) is 0 Å². The third kappa shape index (κ3) is 2.86. The van der Waals surface area contributed by atoms with E-state index in [0.717, 1.165) is 6.42 Å². The maximum Gasteiger partial charge on any atom is 0.108 e. The topological polar surface area (TPSA) is 17.8 Å². The number of hydrogen-bond donors (Lipinski definition) is 0. The van der Waals surface area contributed by atoms with Crippen molar-refractivity contribution in [1.82, 2.24) is 9.55 Å². The summed E-state index contributed by atoms with van der Waals surface area (Å²) in [6.07, 6.45) is 9.36. The number of nitrogens with zero attached hydrogens (tertiary/aromatic N) is 2. The summed E-state index contributed by atoms with van der Waals surface area (Å²) in [5.41, 5.74) is 1.39. The SMILES string of the molecule is CCCCc1cnc(CCCC)n1C. The molecule has 0 aliphatic rings. The Bertz CT molecular complexity index is 238. The third-order valence-electron chi connectivity index (χ3n) is 2.72. The maximum atomic E-state index is 4.47. The van der Waals surface area contributed by atoms with Crippen molar-refractivity contribution in [1.29, 1.82) is 0 Å². The second kappa shape index (κ2) is 5.84. The molecule has 1 aromatic heterocycles. The molecule has 0 atom stereocenters. The zero-order chi connectivity index (χ0) is 10.4. The summed E-state index contributed by atoms with van der Waals surface area (Å²) >= 11 is 0. The van der Waals surface area contributed by atoms with Crippen molar-refractivity contribution in [2.24, 2.45) is 7.05 Å². The highest BCUT2D eigenvalue weighted by molar-refractivity contribution is 5.05. The van der Waals surface area contributed by atoms with Crippen molar-refractivity contribution >= 4 is 0 Å². The van der Waals surface area contributed by atoms with Crippen LogP contribution in [0.2, 0.25) is 0 Å². The number of imidazole rings is 1. The van der Waals surface area contributed by atoms with Crippen molar-refractivity contribution in [2.45, 2.75) is 52.4 Å². The molecule has 0 aromatic carbocycles. The number of aromatic nitrogens is 2. The predicted octanol–water partition coefficient (Wildman–Crippen LogP) is 3.11. The minimum absolute atomic E-state index is 1.12. The number of rotatable bonds is 6. The van der Waals surface area contributed by atoms with E-state index in [0.29, 0.717) is 0 Å². The van der Waals surface area contributed by atoms with Crippen molar-refractivity contribution in [3.63, 3.8) is 0 Å². The standard InChI is InChI=1S/C12H22N2/c1-4-6-8-11-10-13-12(14(11)3)9-7-5-2/h10H,4-9H2,1-3H3. The van der Waals surface area contributed by atoms with E-state index in [1.807, 2.05) is 6.20 Å². The summed E-state index contributed by atoms with van der Waals surface area (Å²) < 4.78 is 2.27. The minimum atomic E-state index is 1.12. The fraction of sp³-hybridized carbons (Fsp3) is 0.750. The Hall–Kier alpha value is -0.790. The molecule has 0 aliphatic carbocycles. The van der Waals surface area contributed by atoms with Crippen molar-refractivity contribution in [3.8, 4) is 0 Å². The molecule has 0 radical (unpaired) electrons. The van der Waals surface area contributed by atoms with Crippen LogP contribution >= 0.6 is 0 Å². The molecule has 1 heterocycles. The lowest BCUT2D eigenvalue weighted by atomic mass is 10.2. The average Bonchev–Trinajstić information content (AvgIpc) is 2.54. The first-order chi connectivity index (χ1) is 6.79. The first-order valence-electron chi connectivity index (χ1n) is 5.79. The average molecular weight is 194 g/mol. The molecule has 0 fully saturated rings. The molecule has 0 spiro atoms. The van der Waals surface area contributed by atoms with Crippen molar-refractivity contribution in [3.05, 3.63) is 17.7 Å². The van der Waals surface area contributed by atoms with Crippen LogP contribution in [0, 0.1) is 0 Å². The lowest BCUT2D eigenvalue weighted by Crippen LogP contribution is -2.02. The van der Waals surface area contributed by atoms with E-state index in [1.165, 1.54) is 43.6 Å². The summed E-state index contributed by atoms with van der Waals surface area (Å²) in [4.78, 5) is 4.47. The van der Waals surface area contributed by atoms with Crippen LogP contribution in [-0.4, -0.2) is 9.55 Å². The Balaban J connectivity index is 2.55. The minimum Gasteiger partial charge on any atom is -0.335 e. The van der Waals surface area contributed by atoms with E-state index in [1.54, 1.807) is 0 Å². The normalized spacial score (nSPS) is 10.8. The van der Waals surface area contributed by atoms with Gasteiger partial charge in [0.2, 0.25) is 0 Å². The highest BCUT2D eigenvalue weighted by atomic mass is 15.1.